The van der Waals surface area contributed by atoms with Gasteiger partial charge in [0.05, 0.1) is 18.1 Å². The van der Waals surface area contributed by atoms with E-state index in [1.54, 1.807) is 0 Å². The number of nitrogens with zero attached hydrogens (tertiary/aromatic N) is 2. The third-order valence-corrected chi connectivity index (χ3v) is 3.89. The molecule has 0 radical (unpaired) electrons. The molecule has 2 rings (SSSR count). The topological polar surface area (TPSA) is 129 Å². The van der Waals surface area contributed by atoms with Crippen LogP contribution in [0.4, 0.5) is 10.7 Å². The summed E-state index contributed by atoms with van der Waals surface area (Å²) in [5.74, 6) is 0.137. The maximum Gasteiger partial charge on any atom is 0.413 e. The number of hydrogen-bond donors (Lipinski definition) is 3. The Balaban J connectivity index is 2.41. The minimum atomic E-state index is -4.17. The number of imidazole rings is 1. The van der Waals surface area contributed by atoms with Crippen molar-refractivity contribution in [2.45, 2.75) is 32.9 Å². The average Bonchev–Trinajstić information content (AvgIpc) is 2.86. The van der Waals surface area contributed by atoms with Crippen molar-refractivity contribution >= 4 is 30.8 Å². The number of ether oxygens (including phenoxy) is 1. The number of carbonyl (C=O) groups is 1. The van der Waals surface area contributed by atoms with Crippen LogP contribution in [-0.2, 0) is 27.0 Å². The van der Waals surface area contributed by atoms with E-state index in [0.717, 1.165) is 24.8 Å². The van der Waals surface area contributed by atoms with E-state index in [4.69, 9.17) is 14.9 Å². The quantitative estimate of drug-likeness (QED) is 0.650. The highest BCUT2D eigenvalue weighted by Gasteiger charge is 2.18. The summed E-state index contributed by atoms with van der Waals surface area (Å²) in [6, 6.07) is 5.68. The van der Waals surface area contributed by atoms with Gasteiger partial charge in [-0.25, -0.2) is 19.8 Å². The second-order valence-electron chi connectivity index (χ2n) is 5.23. The van der Waals surface area contributed by atoms with Gasteiger partial charge in [0, 0.05) is 0 Å². The van der Waals surface area contributed by atoms with Gasteiger partial charge in [-0.05, 0) is 30.5 Å². The van der Waals surface area contributed by atoms with Crippen LogP contribution in [0.2, 0.25) is 0 Å². The second kappa shape index (κ2) is 7.76. The minimum Gasteiger partial charge on any atom is -0.453 e. The van der Waals surface area contributed by atoms with Gasteiger partial charge in [0.25, 0.3) is 0 Å². The number of amides is 1. The summed E-state index contributed by atoms with van der Waals surface area (Å²) in [5, 5.41) is 2.45. The first-order chi connectivity index (χ1) is 11.3. The maximum atomic E-state index is 11.5. The number of nitrogens with two attached hydrogens (primary N) is 1. The number of methoxy groups -OCH3 is 1. The largest absolute Gasteiger partial charge is 0.453 e. The first kappa shape index (κ1) is 18.4. The summed E-state index contributed by atoms with van der Waals surface area (Å²) in [6.45, 7) is 1.77. The molecule has 4 N–H and O–H groups in total. The zero-order valence-corrected chi connectivity index (χ0v) is 14.5. The first-order valence-corrected chi connectivity index (χ1v) is 9.08. The number of hydrogen-bond acceptors (Lipinski definition) is 5. The van der Waals surface area contributed by atoms with Crippen molar-refractivity contribution in [3.8, 4) is 0 Å². The molecule has 9 nitrogen and oxygen atoms in total. The van der Waals surface area contributed by atoms with Gasteiger partial charge in [-0.2, -0.15) is 0 Å². The van der Waals surface area contributed by atoms with E-state index < -0.39 is 13.8 Å². The molecule has 0 aliphatic rings. The molecule has 2 aromatic rings. The number of rotatable bonds is 7. The third kappa shape index (κ3) is 4.78. The normalized spacial score (nSPS) is 13.7. The van der Waals surface area contributed by atoms with E-state index in [9.17, 15) is 9.36 Å². The van der Waals surface area contributed by atoms with Gasteiger partial charge < -0.3 is 9.63 Å². The van der Waals surface area contributed by atoms with Crippen molar-refractivity contribution in [3.63, 3.8) is 0 Å². The minimum absolute atomic E-state index is 0.137. The van der Waals surface area contributed by atoms with E-state index >= 15 is 0 Å². The monoisotopic (exact) mass is 356 g/mol. The Labute approximate surface area is 139 Å². The number of aromatic nitrogens is 2. The first-order valence-electron chi connectivity index (χ1n) is 7.44. The molecule has 0 aliphatic heterocycles. The van der Waals surface area contributed by atoms with E-state index in [0.29, 0.717) is 11.0 Å². The molecule has 1 aromatic heterocycles. The molecule has 1 amide bonds. The lowest BCUT2D eigenvalue weighted by Gasteiger charge is -2.11. The molecule has 0 saturated carbocycles. The van der Waals surface area contributed by atoms with Gasteiger partial charge in [0.15, 0.2) is 0 Å². The van der Waals surface area contributed by atoms with Crippen LogP contribution in [0, 0.1) is 0 Å². The Morgan fingerprint density at radius 1 is 1.50 bits per heavy atom. The molecule has 132 valence electrons. The van der Waals surface area contributed by atoms with Gasteiger partial charge in [0.1, 0.15) is 6.73 Å². The lowest BCUT2D eigenvalue weighted by atomic mass is 10.1. The zero-order valence-electron chi connectivity index (χ0n) is 13.6. The Morgan fingerprint density at radius 3 is 2.88 bits per heavy atom. The van der Waals surface area contributed by atoms with Crippen molar-refractivity contribution in [3.05, 3.63) is 23.8 Å². The molecule has 1 atom stereocenters. The van der Waals surface area contributed by atoms with E-state index in [2.05, 4.69) is 22.0 Å². The Hall–Kier alpha value is -1.93. The van der Waals surface area contributed by atoms with Crippen LogP contribution in [0.5, 0.6) is 0 Å². The van der Waals surface area contributed by atoms with Crippen LogP contribution in [0.1, 0.15) is 25.3 Å². The number of anilines is 1. The van der Waals surface area contributed by atoms with Crippen molar-refractivity contribution in [1.82, 2.24) is 9.55 Å². The molecule has 0 saturated heterocycles. The van der Waals surface area contributed by atoms with Crippen LogP contribution in [0.3, 0.4) is 0 Å². The van der Waals surface area contributed by atoms with Crippen LogP contribution in [0.25, 0.3) is 11.0 Å². The van der Waals surface area contributed by atoms with Gasteiger partial charge in [-0.1, -0.05) is 19.4 Å². The summed E-state index contributed by atoms with van der Waals surface area (Å²) >= 11 is 0. The molecule has 24 heavy (non-hydrogen) atoms. The molecule has 1 unspecified atom stereocenters. The molecule has 0 spiro atoms. The highest BCUT2D eigenvalue weighted by Crippen LogP contribution is 2.33. The van der Waals surface area contributed by atoms with Crippen molar-refractivity contribution in [2.24, 2.45) is 5.50 Å². The van der Waals surface area contributed by atoms with Crippen LogP contribution < -0.4 is 10.8 Å². The number of fused-ring (bicyclic) bond motifs is 1. The van der Waals surface area contributed by atoms with Gasteiger partial charge in [-0.3, -0.25) is 14.4 Å². The second-order valence-corrected chi connectivity index (χ2v) is 6.62. The molecule has 10 heteroatoms. The van der Waals surface area contributed by atoms with Crippen LogP contribution in [0.15, 0.2) is 18.2 Å². The van der Waals surface area contributed by atoms with Crippen molar-refractivity contribution < 1.29 is 23.5 Å². The summed E-state index contributed by atoms with van der Waals surface area (Å²) in [4.78, 5) is 24.9. The van der Waals surface area contributed by atoms with Crippen molar-refractivity contribution in [1.29, 1.82) is 0 Å². The molecular weight excluding hydrogens is 335 g/mol. The SMILES string of the molecule is CCCCc1ccc2nc(NC(=O)OC)n(COP(N)(=O)O)c2c1. The average molecular weight is 356 g/mol. The third-order valence-electron chi connectivity index (χ3n) is 3.40. The molecule has 0 aliphatic carbocycles. The van der Waals surface area contributed by atoms with Gasteiger partial charge in [0.2, 0.25) is 5.95 Å². The zero-order chi connectivity index (χ0) is 17.7. The Morgan fingerprint density at radius 2 is 2.25 bits per heavy atom. The lowest BCUT2D eigenvalue weighted by molar-refractivity contribution is 0.185. The smallest absolute Gasteiger partial charge is 0.413 e. The van der Waals surface area contributed by atoms with Gasteiger partial charge >= 0.3 is 13.8 Å². The predicted molar refractivity (Wildman–Crippen MR) is 89.5 cm³/mol. The molecular formula is C14H21N4O5P. The number of carbonyl (C=O) groups excluding carboxylic acids is 1. The van der Waals surface area contributed by atoms with Crippen LogP contribution >= 0.6 is 7.75 Å². The maximum absolute atomic E-state index is 11.5. The highest BCUT2D eigenvalue weighted by molar-refractivity contribution is 7.50. The van der Waals surface area contributed by atoms with E-state index in [-0.39, 0.29) is 12.7 Å². The molecule has 1 heterocycles. The van der Waals surface area contributed by atoms with E-state index in [1.807, 2.05) is 18.2 Å². The number of unbranched alkanes of at least 4 members (excludes halogenated alkanes) is 1. The Kier molecular flexibility index (Phi) is 5.95. The molecule has 0 fully saturated rings. The number of benzene rings is 1. The Bertz CT molecular complexity index is 770. The summed E-state index contributed by atoms with van der Waals surface area (Å²) < 4.78 is 22.0. The summed E-state index contributed by atoms with van der Waals surface area (Å²) in [6.07, 6.45) is 2.29. The van der Waals surface area contributed by atoms with E-state index in [1.165, 1.54) is 11.7 Å². The lowest BCUT2D eigenvalue weighted by Crippen LogP contribution is -2.16. The fourth-order valence-corrected chi connectivity index (χ4v) is 2.49. The fraction of sp³-hybridized carbons (Fsp3) is 0.429. The predicted octanol–water partition coefficient (Wildman–Crippen LogP) is 2.59. The molecule has 0 bridgehead atoms. The van der Waals surface area contributed by atoms with Crippen molar-refractivity contribution in [2.75, 3.05) is 12.4 Å². The molecule has 1 aromatic carbocycles. The number of aryl methyl sites for hydroxylation is 1. The fourth-order valence-electron chi connectivity index (χ4n) is 2.21. The summed E-state index contributed by atoms with van der Waals surface area (Å²) in [7, 11) is -2.94. The number of nitrogens with one attached hydrogen (secondary N) is 1. The van der Waals surface area contributed by atoms with Gasteiger partial charge in [-0.15, -0.1) is 0 Å². The summed E-state index contributed by atoms with van der Waals surface area (Å²) in [5.41, 5.74) is 7.37. The van der Waals surface area contributed by atoms with Crippen LogP contribution in [-0.4, -0.2) is 27.6 Å². The standard InChI is InChI=1S/C14H21N4O5P/c1-3-4-5-10-6-7-11-12(8-10)18(9-23-24(15,20)21)13(16-11)17-14(19)22-2/h6-8H,3-5,9H2,1-2H3,(H3,15,20,21)(H,16,17,19). The highest BCUT2D eigenvalue weighted by atomic mass is 31.2.